The van der Waals surface area contributed by atoms with Crippen molar-refractivity contribution in [1.29, 1.82) is 0 Å². The van der Waals surface area contributed by atoms with Gasteiger partial charge < -0.3 is 9.30 Å². The van der Waals surface area contributed by atoms with Crippen molar-refractivity contribution in [2.45, 2.75) is 45.6 Å². The zero-order valence-electron chi connectivity index (χ0n) is 10.2. The molecule has 0 spiro atoms. The Morgan fingerprint density at radius 2 is 2.25 bits per heavy atom. The minimum atomic E-state index is 0.781. The number of rotatable bonds is 5. The summed E-state index contributed by atoms with van der Waals surface area (Å²) >= 11 is 0. The number of aromatic nitrogens is 2. The molecule has 0 radical (unpaired) electrons. The zero-order valence-corrected chi connectivity index (χ0v) is 10.2. The maximum Gasteiger partial charge on any atom is 0.108 e. The fraction of sp³-hybridized carbons (Fsp3) is 0.769. The second kappa shape index (κ2) is 6.04. The number of hydrogen-bond donors (Lipinski definition) is 0. The number of unbranched alkanes of at least 4 members (excludes halogenated alkanes) is 1. The van der Waals surface area contributed by atoms with Crippen molar-refractivity contribution in [3.05, 3.63) is 18.2 Å². The normalized spacial score (nSPS) is 17.8. The average molecular weight is 222 g/mol. The van der Waals surface area contributed by atoms with Gasteiger partial charge in [-0.15, -0.1) is 0 Å². The highest BCUT2D eigenvalue weighted by Crippen LogP contribution is 2.18. The van der Waals surface area contributed by atoms with E-state index in [1.807, 2.05) is 6.20 Å². The molecule has 1 aliphatic rings. The summed E-state index contributed by atoms with van der Waals surface area (Å²) in [7, 11) is 0. The van der Waals surface area contributed by atoms with Crippen LogP contribution >= 0.6 is 0 Å². The Hall–Kier alpha value is -0.830. The van der Waals surface area contributed by atoms with Gasteiger partial charge >= 0.3 is 0 Å². The monoisotopic (exact) mass is 222 g/mol. The van der Waals surface area contributed by atoms with Gasteiger partial charge in [-0.2, -0.15) is 0 Å². The van der Waals surface area contributed by atoms with E-state index in [4.69, 9.17) is 4.74 Å². The molecule has 1 aromatic heterocycles. The second-order valence-corrected chi connectivity index (χ2v) is 4.66. The third-order valence-corrected chi connectivity index (χ3v) is 3.35. The van der Waals surface area contributed by atoms with Crippen molar-refractivity contribution in [2.75, 3.05) is 13.2 Å². The van der Waals surface area contributed by atoms with E-state index in [2.05, 4.69) is 22.7 Å². The Kier molecular flexibility index (Phi) is 4.40. The molecule has 0 unspecified atom stereocenters. The molecule has 1 saturated heterocycles. The summed E-state index contributed by atoms with van der Waals surface area (Å²) in [5.74, 6) is 2.04. The lowest BCUT2D eigenvalue weighted by molar-refractivity contribution is 0.0610. The minimum absolute atomic E-state index is 0.781. The smallest absolute Gasteiger partial charge is 0.108 e. The average Bonchev–Trinajstić information content (AvgIpc) is 2.75. The van der Waals surface area contributed by atoms with Crippen molar-refractivity contribution in [1.82, 2.24) is 9.55 Å². The lowest BCUT2D eigenvalue weighted by atomic mass is 10.0. The largest absolute Gasteiger partial charge is 0.381 e. The first-order valence-corrected chi connectivity index (χ1v) is 6.48. The van der Waals surface area contributed by atoms with Gasteiger partial charge in [-0.25, -0.2) is 4.98 Å². The van der Waals surface area contributed by atoms with Crippen molar-refractivity contribution in [3.8, 4) is 0 Å². The molecule has 2 heterocycles. The summed E-state index contributed by atoms with van der Waals surface area (Å²) in [5.41, 5.74) is 0. The summed E-state index contributed by atoms with van der Waals surface area (Å²) in [5, 5.41) is 0. The Morgan fingerprint density at radius 1 is 1.44 bits per heavy atom. The molecule has 3 heteroatoms. The first-order chi connectivity index (χ1) is 7.90. The van der Waals surface area contributed by atoms with Crippen LogP contribution in [0.1, 0.15) is 38.4 Å². The van der Waals surface area contributed by atoms with Crippen LogP contribution in [0, 0.1) is 5.92 Å². The third kappa shape index (κ3) is 3.08. The molecular weight excluding hydrogens is 200 g/mol. The molecular formula is C13H22N2O. The van der Waals surface area contributed by atoms with Gasteiger partial charge in [0.05, 0.1) is 0 Å². The van der Waals surface area contributed by atoms with E-state index in [0.29, 0.717) is 0 Å². The molecule has 90 valence electrons. The third-order valence-electron chi connectivity index (χ3n) is 3.35. The van der Waals surface area contributed by atoms with Gasteiger partial charge in [-0.1, -0.05) is 13.3 Å². The number of imidazole rings is 1. The first-order valence-electron chi connectivity index (χ1n) is 6.48. The number of ether oxygens (including phenoxy) is 1. The fourth-order valence-corrected chi connectivity index (χ4v) is 2.28. The van der Waals surface area contributed by atoms with Gasteiger partial charge in [0.15, 0.2) is 0 Å². The highest BCUT2D eigenvalue weighted by molar-refractivity contribution is 4.93. The van der Waals surface area contributed by atoms with E-state index in [0.717, 1.165) is 32.1 Å². The molecule has 1 fully saturated rings. The molecule has 3 nitrogen and oxygen atoms in total. The minimum Gasteiger partial charge on any atom is -0.381 e. The number of hydrogen-bond acceptors (Lipinski definition) is 2. The summed E-state index contributed by atoms with van der Waals surface area (Å²) in [6.45, 7) is 5.22. The number of aryl methyl sites for hydroxylation is 1. The number of nitrogens with zero attached hydrogens (tertiary/aromatic N) is 2. The predicted molar refractivity (Wildman–Crippen MR) is 64.4 cm³/mol. The maximum atomic E-state index is 5.39. The van der Waals surface area contributed by atoms with E-state index < -0.39 is 0 Å². The topological polar surface area (TPSA) is 27.1 Å². The molecule has 1 aromatic rings. The van der Waals surface area contributed by atoms with Gasteiger partial charge in [0.25, 0.3) is 0 Å². The van der Waals surface area contributed by atoms with Crippen LogP contribution in [0.2, 0.25) is 0 Å². The van der Waals surface area contributed by atoms with E-state index >= 15 is 0 Å². The van der Waals surface area contributed by atoms with Crippen molar-refractivity contribution >= 4 is 0 Å². The molecule has 0 N–H and O–H groups in total. The zero-order chi connectivity index (χ0) is 11.2. The van der Waals surface area contributed by atoms with Crippen LogP contribution in [0.5, 0.6) is 0 Å². The van der Waals surface area contributed by atoms with E-state index in [1.54, 1.807) is 0 Å². The second-order valence-electron chi connectivity index (χ2n) is 4.66. The summed E-state index contributed by atoms with van der Waals surface area (Å²) < 4.78 is 7.73. The van der Waals surface area contributed by atoms with Crippen LogP contribution in [0.15, 0.2) is 12.4 Å². The Balaban J connectivity index is 1.89. The van der Waals surface area contributed by atoms with Gasteiger partial charge in [0.1, 0.15) is 5.82 Å². The molecule has 0 aromatic carbocycles. The fourth-order valence-electron chi connectivity index (χ4n) is 2.28. The molecule has 0 saturated carbocycles. The lowest BCUT2D eigenvalue weighted by Crippen LogP contribution is -2.21. The maximum absolute atomic E-state index is 5.39. The van der Waals surface area contributed by atoms with Crippen molar-refractivity contribution in [2.24, 2.45) is 5.92 Å². The van der Waals surface area contributed by atoms with Crippen molar-refractivity contribution < 1.29 is 4.74 Å². The van der Waals surface area contributed by atoms with Gasteiger partial charge in [-0.3, -0.25) is 0 Å². The first kappa shape index (κ1) is 11.6. The van der Waals surface area contributed by atoms with Crippen LogP contribution in [0.3, 0.4) is 0 Å². The standard InChI is InChI=1S/C13H22N2O/c1-2-3-4-13-14-7-8-15(13)11-12-5-9-16-10-6-12/h7-8,12H,2-6,9-11H2,1H3. The SMILES string of the molecule is CCCCc1nccn1CC1CCOCC1. The highest BCUT2D eigenvalue weighted by atomic mass is 16.5. The van der Waals surface area contributed by atoms with Gasteiger partial charge in [0.2, 0.25) is 0 Å². The van der Waals surface area contributed by atoms with E-state index in [1.165, 1.54) is 31.5 Å². The highest BCUT2D eigenvalue weighted by Gasteiger charge is 2.15. The van der Waals surface area contributed by atoms with Crippen LogP contribution in [-0.2, 0) is 17.7 Å². The quantitative estimate of drug-likeness (QED) is 0.766. The van der Waals surface area contributed by atoms with E-state index in [9.17, 15) is 0 Å². The lowest BCUT2D eigenvalue weighted by Gasteiger charge is -2.23. The predicted octanol–water partition coefficient (Wildman–Crippen LogP) is 2.65. The van der Waals surface area contributed by atoms with Crippen LogP contribution < -0.4 is 0 Å². The Morgan fingerprint density at radius 3 is 3.00 bits per heavy atom. The van der Waals surface area contributed by atoms with Gasteiger partial charge in [-0.05, 0) is 25.2 Å². The molecule has 1 aliphatic heterocycles. The molecule has 2 rings (SSSR count). The molecule has 16 heavy (non-hydrogen) atoms. The molecule has 0 aliphatic carbocycles. The Labute approximate surface area is 97.8 Å². The molecule has 0 amide bonds. The Bertz CT molecular complexity index is 303. The summed E-state index contributed by atoms with van der Waals surface area (Å²) in [6, 6.07) is 0. The van der Waals surface area contributed by atoms with Crippen molar-refractivity contribution in [3.63, 3.8) is 0 Å². The van der Waals surface area contributed by atoms with Crippen LogP contribution in [0.25, 0.3) is 0 Å². The van der Waals surface area contributed by atoms with Gasteiger partial charge in [0, 0.05) is 38.6 Å². The molecule has 0 bridgehead atoms. The summed E-state index contributed by atoms with van der Waals surface area (Å²) in [6.07, 6.45) is 10.1. The van der Waals surface area contributed by atoms with Crippen LogP contribution in [0.4, 0.5) is 0 Å². The molecule has 0 atom stereocenters. The van der Waals surface area contributed by atoms with Crippen LogP contribution in [-0.4, -0.2) is 22.8 Å². The summed E-state index contributed by atoms with van der Waals surface area (Å²) in [4.78, 5) is 4.45. The van der Waals surface area contributed by atoms with E-state index in [-0.39, 0.29) is 0 Å².